The predicted molar refractivity (Wildman–Crippen MR) is 132 cm³/mol. The molecule has 0 unspecified atom stereocenters. The quantitative estimate of drug-likeness (QED) is 0.394. The number of nitrogens with one attached hydrogen (secondary N) is 1. The maximum Gasteiger partial charge on any atom is 0.242 e. The van der Waals surface area contributed by atoms with Crippen LogP contribution < -0.4 is 5.32 Å². The normalized spacial score (nSPS) is 11.5. The number of sulfonamides is 1. The summed E-state index contributed by atoms with van der Waals surface area (Å²) >= 11 is 0. The van der Waals surface area contributed by atoms with Gasteiger partial charge in [0.05, 0.1) is 4.90 Å². The highest BCUT2D eigenvalue weighted by Crippen LogP contribution is 2.32. The smallest absolute Gasteiger partial charge is 0.242 e. The first-order valence-corrected chi connectivity index (χ1v) is 12.2. The van der Waals surface area contributed by atoms with Crippen molar-refractivity contribution in [3.63, 3.8) is 0 Å². The average molecular weight is 476 g/mol. The van der Waals surface area contributed by atoms with Gasteiger partial charge in [0, 0.05) is 43.8 Å². The van der Waals surface area contributed by atoms with Crippen LogP contribution in [0.15, 0.2) is 94.2 Å². The molecule has 1 amide bonds. The van der Waals surface area contributed by atoms with E-state index in [4.69, 9.17) is 4.42 Å². The van der Waals surface area contributed by atoms with E-state index in [1.54, 1.807) is 12.1 Å². The number of nitrogens with zero attached hydrogens (tertiary/aromatic N) is 2. The number of benzene rings is 3. The molecular weight excluding hydrogens is 450 g/mol. The van der Waals surface area contributed by atoms with Gasteiger partial charge in [-0.1, -0.05) is 60.7 Å². The fourth-order valence-electron chi connectivity index (χ4n) is 3.41. The summed E-state index contributed by atoms with van der Waals surface area (Å²) < 4.78 is 31.6. The van der Waals surface area contributed by atoms with Crippen LogP contribution in [0.2, 0.25) is 0 Å². The van der Waals surface area contributed by atoms with Crippen molar-refractivity contribution in [2.45, 2.75) is 17.7 Å². The van der Waals surface area contributed by atoms with E-state index in [0.29, 0.717) is 23.8 Å². The SMILES string of the molecule is CN(C)S(=O)(=O)c1ccc(NC(=O)CCc2nc(-c3ccccc3)c(-c3ccccc3)o2)cc1. The molecule has 0 atom stereocenters. The molecule has 34 heavy (non-hydrogen) atoms. The molecule has 1 aromatic heterocycles. The van der Waals surface area contributed by atoms with Crippen molar-refractivity contribution in [1.82, 2.24) is 9.29 Å². The molecule has 0 bridgehead atoms. The number of aromatic nitrogens is 1. The molecule has 174 valence electrons. The van der Waals surface area contributed by atoms with E-state index >= 15 is 0 Å². The summed E-state index contributed by atoms with van der Waals surface area (Å²) in [6, 6.07) is 25.6. The van der Waals surface area contributed by atoms with Gasteiger partial charge in [-0.25, -0.2) is 17.7 Å². The standard InChI is InChI=1S/C26H25N3O4S/c1-29(2)34(31,32)22-15-13-21(14-16-22)27-23(30)17-18-24-28-25(19-9-5-3-6-10-19)26(33-24)20-11-7-4-8-12-20/h3-16H,17-18H2,1-2H3,(H,27,30). The van der Waals surface area contributed by atoms with E-state index in [1.807, 2.05) is 60.7 Å². The highest BCUT2D eigenvalue weighted by Gasteiger charge is 2.18. The molecule has 0 radical (unpaired) electrons. The second kappa shape index (κ2) is 10.0. The molecule has 4 aromatic rings. The van der Waals surface area contributed by atoms with Crippen LogP contribution in [0.4, 0.5) is 5.69 Å². The lowest BCUT2D eigenvalue weighted by Gasteiger charge is -2.12. The van der Waals surface area contributed by atoms with Crippen molar-refractivity contribution in [1.29, 1.82) is 0 Å². The Balaban J connectivity index is 1.46. The number of amides is 1. The van der Waals surface area contributed by atoms with Gasteiger partial charge in [0.1, 0.15) is 5.69 Å². The minimum Gasteiger partial charge on any atom is -0.440 e. The molecule has 0 saturated carbocycles. The lowest BCUT2D eigenvalue weighted by atomic mass is 10.1. The van der Waals surface area contributed by atoms with Gasteiger partial charge in [0.25, 0.3) is 0 Å². The minimum atomic E-state index is -3.52. The Kier molecular flexibility index (Phi) is 6.90. The second-order valence-corrected chi connectivity index (χ2v) is 10.0. The van der Waals surface area contributed by atoms with E-state index < -0.39 is 10.0 Å². The summed E-state index contributed by atoms with van der Waals surface area (Å²) in [7, 11) is -0.571. The number of rotatable bonds is 8. The molecule has 0 aliphatic heterocycles. The number of hydrogen-bond acceptors (Lipinski definition) is 5. The lowest BCUT2D eigenvalue weighted by Crippen LogP contribution is -2.22. The summed E-state index contributed by atoms with van der Waals surface area (Å²) in [6.07, 6.45) is 0.492. The van der Waals surface area contributed by atoms with Crippen LogP contribution >= 0.6 is 0 Å². The Hall–Kier alpha value is -3.75. The lowest BCUT2D eigenvalue weighted by molar-refractivity contribution is -0.116. The average Bonchev–Trinajstić information content (AvgIpc) is 3.28. The van der Waals surface area contributed by atoms with E-state index in [1.165, 1.54) is 26.2 Å². The van der Waals surface area contributed by atoms with Gasteiger partial charge in [-0.05, 0) is 24.3 Å². The number of anilines is 1. The van der Waals surface area contributed by atoms with Crippen molar-refractivity contribution in [2.75, 3.05) is 19.4 Å². The second-order valence-electron chi connectivity index (χ2n) is 7.88. The van der Waals surface area contributed by atoms with Gasteiger partial charge in [0.15, 0.2) is 11.7 Å². The Morgan fingerprint density at radius 2 is 1.47 bits per heavy atom. The molecule has 0 spiro atoms. The fourth-order valence-corrected chi connectivity index (χ4v) is 4.31. The number of hydrogen-bond donors (Lipinski definition) is 1. The van der Waals surface area contributed by atoms with Crippen LogP contribution in [0.5, 0.6) is 0 Å². The zero-order valence-corrected chi connectivity index (χ0v) is 19.7. The maximum atomic E-state index is 12.5. The van der Waals surface area contributed by atoms with Crippen LogP contribution in [0.25, 0.3) is 22.6 Å². The largest absolute Gasteiger partial charge is 0.440 e. The van der Waals surface area contributed by atoms with Crippen LogP contribution in [-0.4, -0.2) is 37.7 Å². The number of oxazole rings is 1. The summed E-state index contributed by atoms with van der Waals surface area (Å²) in [5.74, 6) is 0.920. The van der Waals surface area contributed by atoms with Gasteiger partial charge >= 0.3 is 0 Å². The molecule has 0 fully saturated rings. The van der Waals surface area contributed by atoms with E-state index in [9.17, 15) is 13.2 Å². The van der Waals surface area contributed by atoms with E-state index in [-0.39, 0.29) is 17.2 Å². The van der Waals surface area contributed by atoms with Gasteiger partial charge in [0.2, 0.25) is 15.9 Å². The van der Waals surface area contributed by atoms with E-state index in [2.05, 4.69) is 10.3 Å². The molecule has 7 nitrogen and oxygen atoms in total. The van der Waals surface area contributed by atoms with Crippen molar-refractivity contribution in [3.8, 4) is 22.6 Å². The fraction of sp³-hybridized carbons (Fsp3) is 0.154. The zero-order valence-electron chi connectivity index (χ0n) is 18.9. The molecule has 3 aromatic carbocycles. The first-order valence-electron chi connectivity index (χ1n) is 10.8. The van der Waals surface area contributed by atoms with Crippen molar-refractivity contribution < 1.29 is 17.6 Å². The highest BCUT2D eigenvalue weighted by atomic mass is 32.2. The van der Waals surface area contributed by atoms with E-state index in [0.717, 1.165) is 21.1 Å². The topological polar surface area (TPSA) is 92.5 Å². The summed E-state index contributed by atoms with van der Waals surface area (Å²) in [6.45, 7) is 0. The number of aryl methyl sites for hydroxylation is 1. The third kappa shape index (κ3) is 5.24. The predicted octanol–water partition coefficient (Wildman–Crippen LogP) is 4.83. The zero-order chi connectivity index (χ0) is 24.1. The van der Waals surface area contributed by atoms with Gasteiger partial charge < -0.3 is 9.73 Å². The van der Waals surface area contributed by atoms with Crippen LogP contribution in [0.3, 0.4) is 0 Å². The molecule has 1 heterocycles. The first-order chi connectivity index (χ1) is 16.3. The summed E-state index contributed by atoms with van der Waals surface area (Å²) in [5.41, 5.74) is 3.11. The molecular formula is C26H25N3O4S. The highest BCUT2D eigenvalue weighted by molar-refractivity contribution is 7.89. The monoisotopic (exact) mass is 475 g/mol. The third-order valence-electron chi connectivity index (χ3n) is 5.24. The van der Waals surface area contributed by atoms with Gasteiger partial charge in [-0.15, -0.1) is 0 Å². The molecule has 0 aliphatic carbocycles. The maximum absolute atomic E-state index is 12.5. The Morgan fingerprint density at radius 1 is 0.882 bits per heavy atom. The Labute approximate surface area is 199 Å². The van der Waals surface area contributed by atoms with Crippen molar-refractivity contribution in [3.05, 3.63) is 90.8 Å². The van der Waals surface area contributed by atoms with Gasteiger partial charge in [-0.3, -0.25) is 4.79 Å². The summed E-state index contributed by atoms with van der Waals surface area (Å²) in [5, 5.41) is 2.79. The molecule has 0 saturated heterocycles. The van der Waals surface area contributed by atoms with Gasteiger partial charge in [-0.2, -0.15) is 0 Å². The molecule has 8 heteroatoms. The third-order valence-corrected chi connectivity index (χ3v) is 7.07. The molecule has 0 aliphatic rings. The van der Waals surface area contributed by atoms with Crippen molar-refractivity contribution >= 4 is 21.6 Å². The Bertz CT molecular complexity index is 1310. The number of carbonyl (C=O) groups is 1. The molecule has 1 N–H and O–H groups in total. The summed E-state index contributed by atoms with van der Waals surface area (Å²) in [4.78, 5) is 17.3. The van der Waals surface area contributed by atoms with Crippen LogP contribution in [0.1, 0.15) is 12.3 Å². The number of carbonyl (C=O) groups excluding carboxylic acids is 1. The van der Waals surface area contributed by atoms with Crippen LogP contribution in [-0.2, 0) is 21.2 Å². The minimum absolute atomic E-state index is 0.164. The molecule has 4 rings (SSSR count). The first kappa shape index (κ1) is 23.4. The Morgan fingerprint density at radius 3 is 2.06 bits per heavy atom. The van der Waals surface area contributed by atoms with Crippen molar-refractivity contribution in [2.24, 2.45) is 0 Å². The van der Waals surface area contributed by atoms with Crippen LogP contribution in [0, 0.1) is 0 Å².